The fourth-order valence-electron chi connectivity index (χ4n) is 3.96. The minimum atomic E-state index is -4.58. The summed E-state index contributed by atoms with van der Waals surface area (Å²) in [6.45, 7) is 7.07. The molecule has 194 valence electrons. The molecule has 0 bridgehead atoms. The molecule has 37 heavy (non-hydrogen) atoms. The average Bonchev–Trinajstić information content (AvgIpc) is 3.52. The van der Waals surface area contributed by atoms with E-state index in [0.717, 1.165) is 40.4 Å². The molecule has 0 radical (unpaired) electrons. The molecule has 3 aromatic heterocycles. The predicted molar refractivity (Wildman–Crippen MR) is 137 cm³/mol. The maximum atomic E-state index is 13.4. The van der Waals surface area contributed by atoms with Crippen LogP contribution < -0.4 is 10.6 Å². The van der Waals surface area contributed by atoms with E-state index in [1.165, 1.54) is 22.9 Å². The average molecular weight is 530 g/mol. The minimum Gasteiger partial charge on any atom is -0.383 e. The van der Waals surface area contributed by atoms with Crippen molar-refractivity contribution >= 4 is 39.8 Å². The topological polar surface area (TPSA) is 94.2 Å². The fourth-order valence-corrected chi connectivity index (χ4v) is 4.66. The second-order valence-corrected chi connectivity index (χ2v) is 9.24. The molecule has 1 aromatic carbocycles. The van der Waals surface area contributed by atoms with Crippen molar-refractivity contribution in [2.45, 2.75) is 53.1 Å². The van der Waals surface area contributed by atoms with Crippen LogP contribution in [0, 0.1) is 6.92 Å². The summed E-state index contributed by atoms with van der Waals surface area (Å²) in [7, 11) is 0. The van der Waals surface area contributed by atoms with Gasteiger partial charge in [-0.25, -0.2) is 4.98 Å². The molecule has 0 saturated heterocycles. The number of nitrogen functional groups attached to an aromatic ring is 1. The van der Waals surface area contributed by atoms with E-state index in [0.29, 0.717) is 35.9 Å². The van der Waals surface area contributed by atoms with E-state index >= 15 is 0 Å². The molecule has 0 fully saturated rings. The van der Waals surface area contributed by atoms with Crippen LogP contribution in [0.2, 0.25) is 0 Å². The molecule has 2 N–H and O–H groups in total. The standard InChI is InChI=1S/C23H18F3N5O2S.C3H8/c1-12-19(11-34-30-12)31(22(32)14-3-5-20(28-7-14)23(24,25)26)8-13-2-4-15-16-9-33-10-17(16)21(27)29-18(15)6-13;1-3-2/h2-7,11H,8-10H2,1H3,(H2,27,29);3H2,1-2H3. The van der Waals surface area contributed by atoms with Gasteiger partial charge in [0.15, 0.2) is 0 Å². The Hall–Kier alpha value is -3.57. The Labute approximate surface area is 216 Å². The van der Waals surface area contributed by atoms with E-state index in [4.69, 9.17) is 10.5 Å². The number of pyridine rings is 2. The van der Waals surface area contributed by atoms with Gasteiger partial charge in [-0.15, -0.1) is 0 Å². The van der Waals surface area contributed by atoms with Gasteiger partial charge in [-0.3, -0.25) is 9.78 Å². The number of fused-ring (bicyclic) bond motifs is 3. The quantitative estimate of drug-likeness (QED) is 0.334. The lowest BCUT2D eigenvalue weighted by atomic mass is 10.0. The number of rotatable bonds is 4. The van der Waals surface area contributed by atoms with Crippen molar-refractivity contribution in [1.29, 1.82) is 0 Å². The van der Waals surface area contributed by atoms with Gasteiger partial charge < -0.3 is 15.4 Å². The Balaban J connectivity index is 0.00000102. The lowest BCUT2D eigenvalue weighted by Gasteiger charge is -2.23. The molecule has 11 heteroatoms. The van der Waals surface area contributed by atoms with Gasteiger partial charge in [0.1, 0.15) is 11.5 Å². The van der Waals surface area contributed by atoms with Gasteiger partial charge in [0.25, 0.3) is 5.91 Å². The molecule has 1 aliphatic heterocycles. The van der Waals surface area contributed by atoms with Gasteiger partial charge in [0, 0.05) is 22.5 Å². The number of carbonyl (C=O) groups is 1. The SMILES string of the molecule is CCC.Cc1nscc1N(Cc1ccc2c3c(c(N)nc2c1)COC3)C(=O)c1ccc(C(F)(F)F)nc1. The van der Waals surface area contributed by atoms with E-state index < -0.39 is 17.8 Å². The number of hydrogen-bond donors (Lipinski definition) is 1. The van der Waals surface area contributed by atoms with Crippen molar-refractivity contribution in [2.75, 3.05) is 10.6 Å². The Morgan fingerprint density at radius 1 is 1.16 bits per heavy atom. The molecule has 0 saturated carbocycles. The van der Waals surface area contributed by atoms with Crippen molar-refractivity contribution < 1.29 is 22.7 Å². The van der Waals surface area contributed by atoms with Gasteiger partial charge in [0.2, 0.25) is 0 Å². The lowest BCUT2D eigenvalue weighted by molar-refractivity contribution is -0.141. The van der Waals surface area contributed by atoms with Crippen LogP contribution in [0.1, 0.15) is 58.7 Å². The number of benzene rings is 1. The molecule has 0 spiro atoms. The number of ether oxygens (including phenoxy) is 1. The van der Waals surface area contributed by atoms with E-state index in [9.17, 15) is 18.0 Å². The lowest BCUT2D eigenvalue weighted by Crippen LogP contribution is -2.31. The largest absolute Gasteiger partial charge is 0.433 e. The van der Waals surface area contributed by atoms with Crippen LogP contribution in [0.25, 0.3) is 10.9 Å². The van der Waals surface area contributed by atoms with E-state index in [2.05, 4.69) is 28.2 Å². The summed E-state index contributed by atoms with van der Waals surface area (Å²) in [5, 5.41) is 2.66. The maximum absolute atomic E-state index is 13.4. The van der Waals surface area contributed by atoms with Crippen LogP contribution in [0.15, 0.2) is 41.9 Å². The Kier molecular flexibility index (Phi) is 7.74. The molecular formula is C26H26F3N5O2S. The first-order valence-corrected chi connectivity index (χ1v) is 12.5. The third-order valence-electron chi connectivity index (χ3n) is 5.70. The predicted octanol–water partition coefficient (Wildman–Crippen LogP) is 6.29. The maximum Gasteiger partial charge on any atom is 0.433 e. The summed E-state index contributed by atoms with van der Waals surface area (Å²) in [6, 6.07) is 7.59. The highest BCUT2D eigenvalue weighted by Crippen LogP contribution is 2.33. The molecular weight excluding hydrogens is 503 g/mol. The third kappa shape index (κ3) is 5.57. The fraction of sp³-hybridized carbons (Fsp3) is 0.308. The summed E-state index contributed by atoms with van der Waals surface area (Å²) in [6.07, 6.45) is -2.39. The second-order valence-electron chi connectivity index (χ2n) is 8.61. The number of nitrogens with two attached hydrogens (primary N) is 1. The summed E-state index contributed by atoms with van der Waals surface area (Å²) in [5.41, 5.74) is 9.66. The first kappa shape index (κ1) is 26.5. The zero-order valence-corrected chi connectivity index (χ0v) is 21.4. The van der Waals surface area contributed by atoms with Crippen molar-refractivity contribution in [3.63, 3.8) is 0 Å². The molecule has 4 aromatic rings. The van der Waals surface area contributed by atoms with E-state index in [1.807, 2.05) is 18.2 Å². The highest BCUT2D eigenvalue weighted by Gasteiger charge is 2.32. The Morgan fingerprint density at radius 3 is 2.51 bits per heavy atom. The Morgan fingerprint density at radius 2 is 1.89 bits per heavy atom. The van der Waals surface area contributed by atoms with Crippen molar-refractivity contribution in [3.05, 3.63) is 75.6 Å². The van der Waals surface area contributed by atoms with Crippen molar-refractivity contribution in [2.24, 2.45) is 0 Å². The van der Waals surface area contributed by atoms with Crippen molar-refractivity contribution in [3.8, 4) is 0 Å². The van der Waals surface area contributed by atoms with Crippen LogP contribution in [-0.4, -0.2) is 20.2 Å². The summed E-state index contributed by atoms with van der Waals surface area (Å²) < 4.78 is 48.4. The van der Waals surface area contributed by atoms with Crippen molar-refractivity contribution in [1.82, 2.24) is 14.3 Å². The number of hydrogen-bond acceptors (Lipinski definition) is 7. The molecule has 0 unspecified atom stereocenters. The number of carbonyl (C=O) groups excluding carboxylic acids is 1. The molecule has 0 aliphatic carbocycles. The third-order valence-corrected chi connectivity index (χ3v) is 6.40. The van der Waals surface area contributed by atoms with E-state index in [-0.39, 0.29) is 12.1 Å². The summed E-state index contributed by atoms with van der Waals surface area (Å²) in [5.74, 6) is -0.0711. The number of alkyl halides is 3. The minimum absolute atomic E-state index is 0.0386. The summed E-state index contributed by atoms with van der Waals surface area (Å²) >= 11 is 1.19. The number of amides is 1. The number of aromatic nitrogens is 3. The van der Waals surface area contributed by atoms with E-state index in [1.54, 1.807) is 12.3 Å². The second kappa shape index (κ2) is 10.8. The number of halogens is 3. The number of anilines is 2. The van der Waals surface area contributed by atoms with Crippen LogP contribution >= 0.6 is 11.5 Å². The van der Waals surface area contributed by atoms with Gasteiger partial charge in [-0.05, 0) is 47.8 Å². The monoisotopic (exact) mass is 529 g/mol. The smallest absolute Gasteiger partial charge is 0.383 e. The molecule has 1 amide bonds. The number of aryl methyl sites for hydroxylation is 1. The van der Waals surface area contributed by atoms with Gasteiger partial charge in [-0.2, -0.15) is 17.5 Å². The summed E-state index contributed by atoms with van der Waals surface area (Å²) in [4.78, 5) is 22.8. The molecule has 7 nitrogen and oxygen atoms in total. The number of nitrogens with zero attached hydrogens (tertiary/aromatic N) is 4. The highest BCUT2D eigenvalue weighted by molar-refractivity contribution is 7.04. The van der Waals surface area contributed by atoms with Gasteiger partial charge in [-0.1, -0.05) is 32.4 Å². The van der Waals surface area contributed by atoms with Gasteiger partial charge in [0.05, 0.1) is 42.2 Å². The molecule has 0 atom stereocenters. The first-order chi connectivity index (χ1) is 17.6. The zero-order chi connectivity index (χ0) is 26.7. The normalized spacial score (nSPS) is 12.7. The van der Waals surface area contributed by atoms with Crippen LogP contribution in [0.5, 0.6) is 0 Å². The highest BCUT2D eigenvalue weighted by atomic mass is 32.1. The van der Waals surface area contributed by atoms with Crippen LogP contribution in [0.3, 0.4) is 0 Å². The Bertz CT molecular complexity index is 1420. The van der Waals surface area contributed by atoms with Crippen LogP contribution in [0.4, 0.5) is 24.7 Å². The molecule has 1 aliphatic rings. The molecule has 5 rings (SSSR count). The van der Waals surface area contributed by atoms with Crippen LogP contribution in [-0.2, 0) is 30.7 Å². The molecule has 4 heterocycles. The zero-order valence-electron chi connectivity index (χ0n) is 20.6. The van der Waals surface area contributed by atoms with Gasteiger partial charge >= 0.3 is 6.18 Å². The first-order valence-electron chi connectivity index (χ1n) is 11.7.